The Morgan fingerprint density at radius 1 is 0.958 bits per heavy atom. The molecule has 5 nitrogen and oxygen atoms in total. The van der Waals surface area contributed by atoms with Crippen LogP contribution in [0.1, 0.15) is 11.1 Å². The van der Waals surface area contributed by atoms with E-state index in [2.05, 4.69) is 29.3 Å². The smallest absolute Gasteiger partial charge is 0.250 e. The predicted molar refractivity (Wildman–Crippen MR) is 110 cm³/mol. The Morgan fingerprint density at radius 2 is 1.54 bits per heavy atom. The standard InChI is InChI=1S/C18H24N4O.HI/c1-20(2)18(21(3)4)19-13-15-8-10-16(11-9-15)14-22-12-6-5-7-17(22)23;/h5-12H,13-14H2,1-4H3;1H. The van der Waals surface area contributed by atoms with E-state index >= 15 is 0 Å². The Labute approximate surface area is 160 Å². The van der Waals surface area contributed by atoms with Crippen molar-refractivity contribution in [3.05, 3.63) is 70.1 Å². The van der Waals surface area contributed by atoms with Crippen molar-refractivity contribution in [1.29, 1.82) is 0 Å². The number of hydrogen-bond donors (Lipinski definition) is 0. The molecule has 24 heavy (non-hydrogen) atoms. The molecule has 0 spiro atoms. The highest BCUT2D eigenvalue weighted by molar-refractivity contribution is 14.0. The fourth-order valence-corrected chi connectivity index (χ4v) is 2.38. The van der Waals surface area contributed by atoms with E-state index in [9.17, 15) is 4.79 Å². The number of benzene rings is 1. The van der Waals surface area contributed by atoms with Crippen LogP contribution in [-0.4, -0.2) is 48.5 Å². The molecule has 0 aliphatic rings. The number of hydrogen-bond acceptors (Lipinski definition) is 2. The summed E-state index contributed by atoms with van der Waals surface area (Å²) in [6, 6.07) is 13.4. The van der Waals surface area contributed by atoms with Gasteiger partial charge in [-0.25, -0.2) is 4.99 Å². The first-order chi connectivity index (χ1) is 11.0. The highest BCUT2D eigenvalue weighted by Crippen LogP contribution is 2.07. The van der Waals surface area contributed by atoms with Crippen molar-refractivity contribution in [2.24, 2.45) is 4.99 Å². The lowest BCUT2D eigenvalue weighted by molar-refractivity contribution is 0.479. The lowest BCUT2D eigenvalue weighted by Gasteiger charge is -2.22. The van der Waals surface area contributed by atoms with Crippen LogP contribution < -0.4 is 5.56 Å². The van der Waals surface area contributed by atoms with Gasteiger partial charge in [0.05, 0.1) is 13.1 Å². The Hall–Kier alpha value is -1.83. The lowest BCUT2D eigenvalue weighted by atomic mass is 10.1. The Morgan fingerprint density at radius 3 is 2.08 bits per heavy atom. The molecule has 0 atom stereocenters. The van der Waals surface area contributed by atoms with Crippen LogP contribution in [0.2, 0.25) is 0 Å². The molecule has 1 heterocycles. The van der Waals surface area contributed by atoms with Crippen LogP contribution in [-0.2, 0) is 13.1 Å². The molecule has 0 bridgehead atoms. The van der Waals surface area contributed by atoms with Crippen LogP contribution in [0.15, 0.2) is 58.4 Å². The van der Waals surface area contributed by atoms with Crippen molar-refractivity contribution in [2.75, 3.05) is 28.2 Å². The zero-order valence-electron chi connectivity index (χ0n) is 14.6. The van der Waals surface area contributed by atoms with Crippen LogP contribution in [0.3, 0.4) is 0 Å². The summed E-state index contributed by atoms with van der Waals surface area (Å²) in [6.45, 7) is 1.22. The van der Waals surface area contributed by atoms with Gasteiger partial charge in [-0.15, -0.1) is 24.0 Å². The Bertz CT molecular complexity index is 710. The average Bonchev–Trinajstić information content (AvgIpc) is 2.50. The largest absolute Gasteiger partial charge is 0.349 e. The molecule has 1 aromatic heterocycles. The molecule has 0 aliphatic carbocycles. The molecular weight excluding hydrogens is 415 g/mol. The van der Waals surface area contributed by atoms with E-state index in [1.165, 1.54) is 0 Å². The van der Waals surface area contributed by atoms with Gasteiger partial charge in [-0.2, -0.15) is 0 Å². The van der Waals surface area contributed by atoms with Gasteiger partial charge in [0, 0.05) is 40.5 Å². The minimum absolute atomic E-state index is 0. The quantitative estimate of drug-likeness (QED) is 0.417. The monoisotopic (exact) mass is 440 g/mol. The zero-order valence-corrected chi connectivity index (χ0v) is 17.0. The second-order valence-electron chi connectivity index (χ2n) is 5.89. The number of rotatable bonds is 4. The number of nitrogens with zero attached hydrogens (tertiary/aromatic N) is 4. The SMILES string of the molecule is CN(C)C(=NCc1ccc(Cn2ccccc2=O)cc1)N(C)C.I. The lowest BCUT2D eigenvalue weighted by Crippen LogP contribution is -2.35. The van der Waals surface area contributed by atoms with Crippen molar-refractivity contribution >= 4 is 29.9 Å². The zero-order chi connectivity index (χ0) is 16.8. The van der Waals surface area contributed by atoms with Crippen molar-refractivity contribution < 1.29 is 0 Å². The van der Waals surface area contributed by atoms with Crippen LogP contribution in [0, 0.1) is 0 Å². The molecule has 2 aromatic rings. The predicted octanol–water partition coefficient (Wildman–Crippen LogP) is 2.49. The molecule has 0 N–H and O–H groups in total. The van der Waals surface area contributed by atoms with Crippen LogP contribution in [0.4, 0.5) is 0 Å². The molecule has 0 saturated heterocycles. The molecule has 1 aromatic carbocycles. The first-order valence-corrected chi connectivity index (χ1v) is 7.60. The third-order valence-corrected chi connectivity index (χ3v) is 3.48. The highest BCUT2D eigenvalue weighted by atomic mass is 127. The van der Waals surface area contributed by atoms with E-state index in [-0.39, 0.29) is 29.5 Å². The van der Waals surface area contributed by atoms with Gasteiger partial charge in [0.15, 0.2) is 5.96 Å². The van der Waals surface area contributed by atoms with Crippen LogP contribution in [0.25, 0.3) is 0 Å². The summed E-state index contributed by atoms with van der Waals surface area (Å²) in [5.41, 5.74) is 2.27. The minimum Gasteiger partial charge on any atom is -0.349 e. The molecule has 0 radical (unpaired) electrons. The molecule has 130 valence electrons. The first kappa shape index (κ1) is 20.2. The first-order valence-electron chi connectivity index (χ1n) is 7.60. The topological polar surface area (TPSA) is 40.8 Å². The van der Waals surface area contributed by atoms with E-state index in [0.29, 0.717) is 13.1 Å². The fourth-order valence-electron chi connectivity index (χ4n) is 2.38. The van der Waals surface area contributed by atoms with Crippen molar-refractivity contribution in [1.82, 2.24) is 14.4 Å². The summed E-state index contributed by atoms with van der Waals surface area (Å²) in [5, 5.41) is 0. The van der Waals surface area contributed by atoms with Gasteiger partial charge in [-0.05, 0) is 17.2 Å². The summed E-state index contributed by atoms with van der Waals surface area (Å²) >= 11 is 0. The van der Waals surface area contributed by atoms with Gasteiger partial charge in [-0.3, -0.25) is 4.79 Å². The second-order valence-corrected chi connectivity index (χ2v) is 5.89. The molecule has 0 aliphatic heterocycles. The van der Waals surface area contributed by atoms with E-state index < -0.39 is 0 Å². The summed E-state index contributed by atoms with van der Waals surface area (Å²) in [7, 11) is 7.94. The Kier molecular flexibility index (Phi) is 7.97. The molecule has 0 unspecified atom stereocenters. The molecule has 0 amide bonds. The number of aromatic nitrogens is 1. The van der Waals surface area contributed by atoms with Gasteiger partial charge in [-0.1, -0.05) is 30.3 Å². The molecular formula is C18H25IN4O. The molecule has 6 heteroatoms. The highest BCUT2D eigenvalue weighted by Gasteiger charge is 2.04. The van der Waals surface area contributed by atoms with Crippen molar-refractivity contribution in [3.8, 4) is 0 Å². The van der Waals surface area contributed by atoms with E-state index in [0.717, 1.165) is 17.1 Å². The van der Waals surface area contributed by atoms with Gasteiger partial charge in [0.2, 0.25) is 0 Å². The number of halogens is 1. The summed E-state index contributed by atoms with van der Waals surface area (Å²) < 4.78 is 1.70. The van der Waals surface area contributed by atoms with Gasteiger partial charge >= 0.3 is 0 Å². The second kappa shape index (κ2) is 9.46. The van der Waals surface area contributed by atoms with Gasteiger partial charge < -0.3 is 14.4 Å². The normalized spacial score (nSPS) is 9.83. The fraction of sp³-hybridized carbons (Fsp3) is 0.333. The van der Waals surface area contributed by atoms with Gasteiger partial charge in [0.1, 0.15) is 0 Å². The van der Waals surface area contributed by atoms with Crippen molar-refractivity contribution in [3.63, 3.8) is 0 Å². The average molecular weight is 440 g/mol. The molecule has 0 saturated carbocycles. The van der Waals surface area contributed by atoms with Crippen molar-refractivity contribution in [2.45, 2.75) is 13.1 Å². The van der Waals surface area contributed by atoms with E-state index in [1.807, 2.05) is 44.1 Å². The van der Waals surface area contributed by atoms with Gasteiger partial charge in [0.25, 0.3) is 5.56 Å². The van der Waals surface area contributed by atoms with Crippen LogP contribution >= 0.6 is 24.0 Å². The summed E-state index contributed by atoms with van der Waals surface area (Å²) in [6.07, 6.45) is 1.81. The maximum absolute atomic E-state index is 11.7. The maximum Gasteiger partial charge on any atom is 0.250 e. The summed E-state index contributed by atoms with van der Waals surface area (Å²) in [4.78, 5) is 20.4. The molecule has 2 rings (SSSR count). The van der Waals surface area contributed by atoms with Crippen LogP contribution in [0.5, 0.6) is 0 Å². The maximum atomic E-state index is 11.7. The third kappa shape index (κ3) is 5.67. The third-order valence-electron chi connectivity index (χ3n) is 3.48. The number of guanidine groups is 1. The number of aliphatic imine (C=N–C) groups is 1. The Balaban J connectivity index is 0.00000288. The molecule has 0 fully saturated rings. The van der Waals surface area contributed by atoms with E-state index in [1.54, 1.807) is 22.9 Å². The minimum atomic E-state index is 0. The van der Waals surface area contributed by atoms with E-state index in [4.69, 9.17) is 0 Å². The summed E-state index contributed by atoms with van der Waals surface area (Å²) in [5.74, 6) is 0.935. The number of pyridine rings is 1.